The molecule has 0 saturated carbocycles. The summed E-state index contributed by atoms with van der Waals surface area (Å²) in [5.41, 5.74) is 7.03. The van der Waals surface area contributed by atoms with Crippen molar-refractivity contribution < 1.29 is 0 Å². The summed E-state index contributed by atoms with van der Waals surface area (Å²) in [7, 11) is 1.94. The van der Waals surface area contributed by atoms with Crippen molar-refractivity contribution in [1.29, 1.82) is 0 Å². The summed E-state index contributed by atoms with van der Waals surface area (Å²) in [4.78, 5) is 0. The van der Waals surface area contributed by atoms with Gasteiger partial charge in [0.25, 0.3) is 0 Å². The standard InChI is InChI=1S/C17H19N/c1-12-5-8-15(9-6-12)14(3)16-11-13(2)7-10-17(16)18-4/h5-11,18H,3H2,1-2,4H3. The summed E-state index contributed by atoms with van der Waals surface area (Å²) in [6, 6.07) is 14.9. The topological polar surface area (TPSA) is 12.0 Å². The molecule has 0 aliphatic heterocycles. The van der Waals surface area contributed by atoms with Crippen LogP contribution in [0.3, 0.4) is 0 Å². The summed E-state index contributed by atoms with van der Waals surface area (Å²) in [5.74, 6) is 0. The van der Waals surface area contributed by atoms with Crippen LogP contribution >= 0.6 is 0 Å². The molecule has 0 amide bonds. The minimum Gasteiger partial charge on any atom is -0.388 e. The Kier molecular flexibility index (Phi) is 3.52. The molecule has 18 heavy (non-hydrogen) atoms. The van der Waals surface area contributed by atoms with Gasteiger partial charge < -0.3 is 5.32 Å². The maximum absolute atomic E-state index is 4.23. The fourth-order valence-corrected chi connectivity index (χ4v) is 2.04. The van der Waals surface area contributed by atoms with Crippen LogP contribution in [-0.4, -0.2) is 7.05 Å². The average molecular weight is 237 g/mol. The van der Waals surface area contributed by atoms with Gasteiger partial charge in [-0.15, -0.1) is 0 Å². The zero-order valence-electron chi connectivity index (χ0n) is 11.2. The highest BCUT2D eigenvalue weighted by Gasteiger charge is 2.07. The number of anilines is 1. The predicted octanol–water partition coefficient (Wildman–Crippen LogP) is 4.41. The van der Waals surface area contributed by atoms with E-state index in [0.717, 1.165) is 11.3 Å². The maximum Gasteiger partial charge on any atom is 0.0417 e. The minimum atomic E-state index is 1.06. The first kappa shape index (κ1) is 12.4. The highest BCUT2D eigenvalue weighted by molar-refractivity contribution is 5.85. The Labute approximate surface area is 109 Å². The number of aryl methyl sites for hydroxylation is 2. The molecule has 0 atom stereocenters. The first-order chi connectivity index (χ1) is 8.61. The lowest BCUT2D eigenvalue weighted by Gasteiger charge is -2.13. The summed E-state index contributed by atoms with van der Waals surface area (Å²) < 4.78 is 0. The molecule has 2 rings (SSSR count). The van der Waals surface area contributed by atoms with E-state index in [-0.39, 0.29) is 0 Å². The number of hydrogen-bond donors (Lipinski definition) is 1. The molecule has 2 aromatic rings. The normalized spacial score (nSPS) is 10.2. The van der Waals surface area contributed by atoms with Crippen molar-refractivity contribution in [3.05, 3.63) is 71.3 Å². The molecule has 0 bridgehead atoms. The third-order valence-corrected chi connectivity index (χ3v) is 3.17. The Hall–Kier alpha value is -2.02. The van der Waals surface area contributed by atoms with Crippen molar-refractivity contribution in [3.63, 3.8) is 0 Å². The smallest absolute Gasteiger partial charge is 0.0417 e. The second-order valence-corrected chi connectivity index (χ2v) is 4.64. The Morgan fingerprint density at radius 2 is 1.56 bits per heavy atom. The molecule has 0 spiro atoms. The lowest BCUT2D eigenvalue weighted by Crippen LogP contribution is -1.96. The zero-order chi connectivity index (χ0) is 13.1. The lowest BCUT2D eigenvalue weighted by molar-refractivity contribution is 1.40. The molecular formula is C17H19N. The second kappa shape index (κ2) is 5.09. The largest absolute Gasteiger partial charge is 0.388 e. The van der Waals surface area contributed by atoms with Gasteiger partial charge in [0, 0.05) is 18.3 Å². The van der Waals surface area contributed by atoms with Crippen molar-refractivity contribution in [2.75, 3.05) is 12.4 Å². The molecule has 92 valence electrons. The van der Waals surface area contributed by atoms with E-state index in [9.17, 15) is 0 Å². The third-order valence-electron chi connectivity index (χ3n) is 3.17. The van der Waals surface area contributed by atoms with Gasteiger partial charge in [-0.25, -0.2) is 0 Å². The van der Waals surface area contributed by atoms with Gasteiger partial charge in [-0.1, -0.05) is 48.0 Å². The van der Waals surface area contributed by atoms with Gasteiger partial charge in [0.15, 0.2) is 0 Å². The molecule has 0 saturated heterocycles. The van der Waals surface area contributed by atoms with Crippen LogP contribution < -0.4 is 5.32 Å². The van der Waals surface area contributed by atoms with Crippen molar-refractivity contribution in [1.82, 2.24) is 0 Å². The molecule has 1 N–H and O–H groups in total. The van der Waals surface area contributed by atoms with E-state index in [1.807, 2.05) is 7.05 Å². The van der Waals surface area contributed by atoms with Crippen LogP contribution in [0.2, 0.25) is 0 Å². The molecule has 0 radical (unpaired) electrons. The van der Waals surface area contributed by atoms with Crippen molar-refractivity contribution in [3.8, 4) is 0 Å². The van der Waals surface area contributed by atoms with Gasteiger partial charge in [0.05, 0.1) is 0 Å². The van der Waals surface area contributed by atoms with Gasteiger partial charge >= 0.3 is 0 Å². The first-order valence-corrected chi connectivity index (χ1v) is 6.16. The van der Waals surface area contributed by atoms with Gasteiger partial charge in [-0.3, -0.25) is 0 Å². The molecule has 0 heterocycles. The molecule has 0 unspecified atom stereocenters. The number of benzene rings is 2. The Morgan fingerprint density at radius 1 is 0.944 bits per heavy atom. The molecular weight excluding hydrogens is 218 g/mol. The highest BCUT2D eigenvalue weighted by Crippen LogP contribution is 2.29. The van der Waals surface area contributed by atoms with E-state index in [0.29, 0.717) is 0 Å². The summed E-state index contributed by atoms with van der Waals surface area (Å²) >= 11 is 0. The van der Waals surface area contributed by atoms with Crippen LogP contribution in [0.25, 0.3) is 5.57 Å². The van der Waals surface area contributed by atoms with Gasteiger partial charge in [0.2, 0.25) is 0 Å². The van der Waals surface area contributed by atoms with Crippen LogP contribution in [0.4, 0.5) is 5.69 Å². The monoisotopic (exact) mass is 237 g/mol. The number of rotatable bonds is 3. The second-order valence-electron chi connectivity index (χ2n) is 4.64. The third kappa shape index (κ3) is 2.45. The molecule has 0 fully saturated rings. The van der Waals surface area contributed by atoms with Crippen LogP contribution in [0.1, 0.15) is 22.3 Å². The number of nitrogens with one attached hydrogen (secondary N) is 1. The fourth-order valence-electron chi connectivity index (χ4n) is 2.04. The first-order valence-electron chi connectivity index (χ1n) is 6.16. The van der Waals surface area contributed by atoms with E-state index < -0.39 is 0 Å². The lowest BCUT2D eigenvalue weighted by atomic mass is 9.96. The van der Waals surface area contributed by atoms with Gasteiger partial charge in [-0.05, 0) is 37.1 Å². The van der Waals surface area contributed by atoms with Crippen LogP contribution in [0.5, 0.6) is 0 Å². The Morgan fingerprint density at radius 3 is 2.17 bits per heavy atom. The van der Waals surface area contributed by atoms with E-state index in [1.54, 1.807) is 0 Å². The maximum atomic E-state index is 4.23. The molecule has 1 heteroatoms. The van der Waals surface area contributed by atoms with Crippen LogP contribution in [0.15, 0.2) is 49.0 Å². The number of hydrogen-bond acceptors (Lipinski definition) is 1. The van der Waals surface area contributed by atoms with E-state index in [1.165, 1.54) is 22.3 Å². The molecule has 1 nitrogen and oxygen atoms in total. The van der Waals surface area contributed by atoms with Crippen LogP contribution in [0, 0.1) is 13.8 Å². The summed E-state index contributed by atoms with van der Waals surface area (Å²) in [5, 5.41) is 3.22. The van der Waals surface area contributed by atoms with Crippen molar-refractivity contribution >= 4 is 11.3 Å². The minimum absolute atomic E-state index is 1.06. The zero-order valence-corrected chi connectivity index (χ0v) is 11.2. The SMILES string of the molecule is C=C(c1ccc(C)cc1)c1cc(C)ccc1NC. The fraction of sp³-hybridized carbons (Fsp3) is 0.176. The van der Waals surface area contributed by atoms with E-state index >= 15 is 0 Å². The van der Waals surface area contributed by atoms with Crippen molar-refractivity contribution in [2.45, 2.75) is 13.8 Å². The quantitative estimate of drug-likeness (QED) is 0.834. The summed E-state index contributed by atoms with van der Waals surface area (Å²) in [6.45, 7) is 8.43. The Bertz CT molecular complexity index is 565. The predicted molar refractivity (Wildman–Crippen MR) is 80.0 cm³/mol. The van der Waals surface area contributed by atoms with Crippen LogP contribution in [-0.2, 0) is 0 Å². The van der Waals surface area contributed by atoms with Crippen molar-refractivity contribution in [2.24, 2.45) is 0 Å². The van der Waals surface area contributed by atoms with E-state index in [4.69, 9.17) is 0 Å². The molecule has 0 aromatic heterocycles. The van der Waals surface area contributed by atoms with Gasteiger partial charge in [-0.2, -0.15) is 0 Å². The Balaban J connectivity index is 2.45. The molecule has 0 aliphatic carbocycles. The van der Waals surface area contributed by atoms with E-state index in [2.05, 4.69) is 68.2 Å². The summed E-state index contributed by atoms with van der Waals surface area (Å²) in [6.07, 6.45) is 0. The van der Waals surface area contributed by atoms with Gasteiger partial charge in [0.1, 0.15) is 0 Å². The molecule has 2 aromatic carbocycles. The average Bonchev–Trinajstić information content (AvgIpc) is 2.39. The molecule has 0 aliphatic rings. The highest BCUT2D eigenvalue weighted by atomic mass is 14.8.